The SMILES string of the molecule is CCOc1cc(C(=O)N(C)C(C)CN)cc(OCC)c1OCC.Cl. The summed E-state index contributed by atoms with van der Waals surface area (Å²) in [4.78, 5) is 14.3. The number of likely N-dealkylation sites (N-methyl/N-ethyl adjacent to an activating group) is 1. The monoisotopic (exact) mass is 360 g/mol. The standard InChI is InChI=1S/C17H28N2O4.ClH/c1-6-21-14-9-13(17(20)19(5)12(4)11-18)10-15(22-7-2)16(14)23-8-3;/h9-10,12H,6-8,11,18H2,1-5H3;1H. The average Bonchev–Trinajstić information content (AvgIpc) is 2.55. The zero-order valence-corrected chi connectivity index (χ0v) is 15.9. The van der Waals surface area contributed by atoms with Gasteiger partial charge in [-0.1, -0.05) is 0 Å². The fourth-order valence-electron chi connectivity index (χ4n) is 2.07. The summed E-state index contributed by atoms with van der Waals surface area (Å²) in [5, 5.41) is 0. The molecule has 1 amide bonds. The van der Waals surface area contributed by atoms with Gasteiger partial charge in [0.2, 0.25) is 5.75 Å². The van der Waals surface area contributed by atoms with E-state index in [1.807, 2.05) is 27.7 Å². The van der Waals surface area contributed by atoms with Crippen LogP contribution in [0.4, 0.5) is 0 Å². The van der Waals surface area contributed by atoms with Gasteiger partial charge >= 0.3 is 0 Å². The van der Waals surface area contributed by atoms with Gasteiger partial charge in [0.05, 0.1) is 19.8 Å². The highest BCUT2D eigenvalue weighted by Crippen LogP contribution is 2.39. The Balaban J connectivity index is 0.00000529. The van der Waals surface area contributed by atoms with Crippen molar-refractivity contribution in [3.05, 3.63) is 17.7 Å². The van der Waals surface area contributed by atoms with E-state index < -0.39 is 0 Å². The van der Waals surface area contributed by atoms with Crippen LogP contribution in [0.15, 0.2) is 12.1 Å². The van der Waals surface area contributed by atoms with Crippen molar-refractivity contribution in [2.45, 2.75) is 33.7 Å². The fraction of sp³-hybridized carbons (Fsp3) is 0.588. The molecule has 0 saturated carbocycles. The second-order valence-corrected chi connectivity index (χ2v) is 5.10. The van der Waals surface area contributed by atoms with E-state index in [1.54, 1.807) is 24.1 Å². The summed E-state index contributed by atoms with van der Waals surface area (Å²) in [5.74, 6) is 1.42. The van der Waals surface area contributed by atoms with E-state index in [1.165, 1.54) is 0 Å². The van der Waals surface area contributed by atoms with Crippen LogP contribution >= 0.6 is 12.4 Å². The molecule has 6 nitrogen and oxygen atoms in total. The molecule has 24 heavy (non-hydrogen) atoms. The maximum absolute atomic E-state index is 12.6. The molecule has 0 spiro atoms. The van der Waals surface area contributed by atoms with E-state index in [0.29, 0.717) is 49.2 Å². The molecule has 1 aromatic rings. The summed E-state index contributed by atoms with van der Waals surface area (Å²) in [6.07, 6.45) is 0. The first-order valence-corrected chi connectivity index (χ1v) is 8.03. The number of rotatable bonds is 9. The molecule has 0 heterocycles. The van der Waals surface area contributed by atoms with E-state index in [9.17, 15) is 4.79 Å². The molecule has 1 rings (SSSR count). The van der Waals surface area contributed by atoms with Gasteiger partial charge in [0, 0.05) is 25.2 Å². The number of ether oxygens (including phenoxy) is 3. The van der Waals surface area contributed by atoms with Crippen molar-refractivity contribution >= 4 is 18.3 Å². The molecule has 7 heteroatoms. The molecule has 0 aliphatic heterocycles. The van der Waals surface area contributed by atoms with Crippen molar-refractivity contribution in [3.63, 3.8) is 0 Å². The predicted octanol–water partition coefficient (Wildman–Crippen LogP) is 2.72. The Hall–Kier alpha value is -1.66. The molecule has 0 aliphatic rings. The molecular formula is C17H29ClN2O4. The molecule has 1 atom stereocenters. The van der Waals surface area contributed by atoms with Crippen molar-refractivity contribution in [1.29, 1.82) is 0 Å². The normalized spacial score (nSPS) is 11.2. The summed E-state index contributed by atoms with van der Waals surface area (Å²) < 4.78 is 16.9. The predicted molar refractivity (Wildman–Crippen MR) is 97.8 cm³/mol. The fourth-order valence-corrected chi connectivity index (χ4v) is 2.07. The third-order valence-corrected chi connectivity index (χ3v) is 3.48. The highest BCUT2D eigenvalue weighted by atomic mass is 35.5. The van der Waals surface area contributed by atoms with Crippen LogP contribution in [0.1, 0.15) is 38.1 Å². The van der Waals surface area contributed by atoms with Crippen molar-refractivity contribution in [1.82, 2.24) is 4.90 Å². The van der Waals surface area contributed by atoms with Gasteiger partial charge in [0.25, 0.3) is 5.91 Å². The summed E-state index contributed by atoms with van der Waals surface area (Å²) in [6, 6.07) is 3.33. The minimum Gasteiger partial charge on any atom is -0.490 e. The number of benzene rings is 1. The number of amides is 1. The van der Waals surface area contributed by atoms with Crippen LogP contribution in [-0.2, 0) is 0 Å². The number of halogens is 1. The molecule has 138 valence electrons. The molecule has 0 radical (unpaired) electrons. The van der Waals surface area contributed by atoms with Gasteiger partial charge in [-0.25, -0.2) is 0 Å². The van der Waals surface area contributed by atoms with Gasteiger partial charge in [-0.15, -0.1) is 12.4 Å². The molecule has 0 fully saturated rings. The van der Waals surface area contributed by atoms with Gasteiger partial charge in [-0.2, -0.15) is 0 Å². The first kappa shape index (κ1) is 22.3. The first-order chi connectivity index (χ1) is 11.0. The van der Waals surface area contributed by atoms with Crippen molar-refractivity contribution in [3.8, 4) is 17.2 Å². The van der Waals surface area contributed by atoms with E-state index in [2.05, 4.69) is 0 Å². The second kappa shape index (κ2) is 11.0. The highest BCUT2D eigenvalue weighted by molar-refractivity contribution is 5.95. The van der Waals surface area contributed by atoms with Crippen LogP contribution in [-0.4, -0.2) is 50.3 Å². The zero-order chi connectivity index (χ0) is 17.4. The van der Waals surface area contributed by atoms with E-state index in [-0.39, 0.29) is 24.4 Å². The Morgan fingerprint density at radius 2 is 1.54 bits per heavy atom. The first-order valence-electron chi connectivity index (χ1n) is 8.03. The number of hydrogen-bond acceptors (Lipinski definition) is 5. The Morgan fingerprint density at radius 1 is 1.08 bits per heavy atom. The molecule has 2 N–H and O–H groups in total. The summed E-state index contributed by atoms with van der Waals surface area (Å²) in [5.41, 5.74) is 6.13. The Bertz CT molecular complexity index is 498. The molecule has 1 aromatic carbocycles. The summed E-state index contributed by atoms with van der Waals surface area (Å²) >= 11 is 0. The van der Waals surface area contributed by atoms with Crippen LogP contribution in [0.5, 0.6) is 17.2 Å². The molecule has 0 bridgehead atoms. The largest absolute Gasteiger partial charge is 0.490 e. The molecule has 0 aromatic heterocycles. The summed E-state index contributed by atoms with van der Waals surface area (Å²) in [6.45, 7) is 9.38. The van der Waals surface area contributed by atoms with Gasteiger partial charge < -0.3 is 24.8 Å². The van der Waals surface area contributed by atoms with Crippen LogP contribution in [0.2, 0.25) is 0 Å². The lowest BCUT2D eigenvalue weighted by Crippen LogP contribution is -2.39. The third-order valence-electron chi connectivity index (χ3n) is 3.48. The van der Waals surface area contributed by atoms with E-state index in [0.717, 1.165) is 0 Å². The quantitative estimate of drug-likeness (QED) is 0.733. The topological polar surface area (TPSA) is 74.0 Å². The van der Waals surface area contributed by atoms with Crippen LogP contribution in [0.25, 0.3) is 0 Å². The van der Waals surface area contributed by atoms with Gasteiger partial charge in [-0.3, -0.25) is 4.79 Å². The lowest BCUT2D eigenvalue weighted by Gasteiger charge is -2.24. The van der Waals surface area contributed by atoms with Crippen LogP contribution in [0.3, 0.4) is 0 Å². The number of hydrogen-bond donors (Lipinski definition) is 1. The molecular weight excluding hydrogens is 332 g/mol. The van der Waals surface area contributed by atoms with Crippen molar-refractivity contribution in [2.75, 3.05) is 33.4 Å². The van der Waals surface area contributed by atoms with Gasteiger partial charge in [0.15, 0.2) is 11.5 Å². The Morgan fingerprint density at radius 3 is 1.92 bits per heavy atom. The summed E-state index contributed by atoms with van der Waals surface area (Å²) in [7, 11) is 1.73. The number of nitrogens with two attached hydrogens (primary N) is 1. The number of carbonyl (C=O) groups is 1. The number of carbonyl (C=O) groups excluding carboxylic acids is 1. The van der Waals surface area contributed by atoms with Gasteiger partial charge in [0.1, 0.15) is 0 Å². The minimum atomic E-state index is -0.132. The average molecular weight is 361 g/mol. The van der Waals surface area contributed by atoms with Crippen molar-refractivity contribution < 1.29 is 19.0 Å². The smallest absolute Gasteiger partial charge is 0.254 e. The van der Waals surface area contributed by atoms with Crippen molar-refractivity contribution in [2.24, 2.45) is 5.73 Å². The second-order valence-electron chi connectivity index (χ2n) is 5.10. The Labute approximate surface area is 150 Å². The van der Waals surface area contributed by atoms with Gasteiger partial charge in [-0.05, 0) is 39.8 Å². The highest BCUT2D eigenvalue weighted by Gasteiger charge is 2.22. The number of nitrogens with zero attached hydrogens (tertiary/aromatic N) is 1. The molecule has 0 saturated heterocycles. The Kier molecular flexibility index (Phi) is 10.2. The van der Waals surface area contributed by atoms with E-state index in [4.69, 9.17) is 19.9 Å². The minimum absolute atomic E-state index is 0. The maximum Gasteiger partial charge on any atom is 0.254 e. The maximum atomic E-state index is 12.6. The van der Waals surface area contributed by atoms with Crippen LogP contribution < -0.4 is 19.9 Å². The molecule has 1 unspecified atom stereocenters. The van der Waals surface area contributed by atoms with E-state index >= 15 is 0 Å². The lowest BCUT2D eigenvalue weighted by atomic mass is 10.1. The molecule has 0 aliphatic carbocycles. The zero-order valence-electron chi connectivity index (χ0n) is 15.1. The van der Waals surface area contributed by atoms with Crippen LogP contribution in [0, 0.1) is 0 Å². The lowest BCUT2D eigenvalue weighted by molar-refractivity contribution is 0.0747. The third kappa shape index (κ3) is 5.46.